The summed E-state index contributed by atoms with van der Waals surface area (Å²) < 4.78 is 27.2. The van der Waals surface area contributed by atoms with Gasteiger partial charge in [0.15, 0.2) is 0 Å². The molecule has 1 saturated carbocycles. The van der Waals surface area contributed by atoms with Gasteiger partial charge in [0.05, 0.1) is 4.90 Å². The standard InChI is InChI=1S/C32H37Cl2N3O4S/c1-36(42(40,41)28-15-6-3-7-16-28)20-10-17-31(38)37(23-25-18-19-26(33)22-29(25)34)30(21-24-11-4-2-5-12-24)32(39)35-27-13-8-9-14-27/h2-7,11-12,15-16,18-19,22,27,30H,8-10,13-14,17,20-21,23H2,1H3,(H,35,39). The Kier molecular flexibility index (Phi) is 11.4. The molecule has 1 aliphatic carbocycles. The van der Waals surface area contributed by atoms with E-state index in [-0.39, 0.29) is 48.7 Å². The Morgan fingerprint density at radius 2 is 1.60 bits per heavy atom. The van der Waals surface area contributed by atoms with Crippen molar-refractivity contribution >= 4 is 45.0 Å². The zero-order valence-corrected chi connectivity index (χ0v) is 26.0. The molecule has 0 aliphatic heterocycles. The minimum absolute atomic E-state index is 0.0574. The van der Waals surface area contributed by atoms with Crippen molar-refractivity contribution in [2.24, 2.45) is 0 Å². The summed E-state index contributed by atoms with van der Waals surface area (Å²) in [7, 11) is -2.18. The number of amides is 2. The van der Waals surface area contributed by atoms with Gasteiger partial charge in [0, 0.05) is 49.1 Å². The van der Waals surface area contributed by atoms with Crippen LogP contribution in [0.25, 0.3) is 0 Å². The Morgan fingerprint density at radius 1 is 0.952 bits per heavy atom. The second-order valence-electron chi connectivity index (χ2n) is 10.7. The van der Waals surface area contributed by atoms with Crippen LogP contribution in [0.2, 0.25) is 10.0 Å². The minimum atomic E-state index is -3.68. The number of nitrogens with one attached hydrogen (secondary N) is 1. The summed E-state index contributed by atoms with van der Waals surface area (Å²) in [6.45, 7) is 0.263. The molecule has 224 valence electrons. The average Bonchev–Trinajstić information content (AvgIpc) is 3.49. The Bertz CT molecular complexity index is 1450. The molecule has 0 spiro atoms. The van der Waals surface area contributed by atoms with E-state index in [0.717, 1.165) is 31.2 Å². The zero-order valence-electron chi connectivity index (χ0n) is 23.7. The van der Waals surface area contributed by atoms with Gasteiger partial charge in [-0.3, -0.25) is 9.59 Å². The number of carbonyl (C=O) groups is 2. The second kappa shape index (κ2) is 15.0. The molecule has 0 bridgehead atoms. The topological polar surface area (TPSA) is 86.8 Å². The van der Waals surface area contributed by atoms with E-state index in [9.17, 15) is 18.0 Å². The van der Waals surface area contributed by atoms with Crippen molar-refractivity contribution in [2.45, 2.75) is 68.5 Å². The molecule has 1 unspecified atom stereocenters. The summed E-state index contributed by atoms with van der Waals surface area (Å²) in [6.07, 6.45) is 4.65. The van der Waals surface area contributed by atoms with Crippen LogP contribution in [0.4, 0.5) is 0 Å². The number of halogens is 2. The molecule has 4 rings (SSSR count). The van der Waals surface area contributed by atoms with Crippen LogP contribution < -0.4 is 5.32 Å². The van der Waals surface area contributed by atoms with Crippen LogP contribution in [0, 0.1) is 0 Å². The van der Waals surface area contributed by atoms with E-state index in [0.29, 0.717) is 22.0 Å². The second-order valence-corrected chi connectivity index (χ2v) is 13.6. The molecule has 3 aromatic rings. The van der Waals surface area contributed by atoms with Gasteiger partial charge in [0.1, 0.15) is 6.04 Å². The molecule has 0 heterocycles. The van der Waals surface area contributed by atoms with E-state index in [1.165, 1.54) is 11.4 Å². The predicted molar refractivity (Wildman–Crippen MR) is 167 cm³/mol. The van der Waals surface area contributed by atoms with Crippen LogP contribution in [-0.2, 0) is 32.6 Å². The zero-order chi connectivity index (χ0) is 30.1. The monoisotopic (exact) mass is 629 g/mol. The van der Waals surface area contributed by atoms with Crippen molar-refractivity contribution in [3.05, 3.63) is 100 Å². The lowest BCUT2D eigenvalue weighted by atomic mass is 10.0. The Balaban J connectivity index is 1.56. The van der Waals surface area contributed by atoms with Crippen molar-refractivity contribution in [3.63, 3.8) is 0 Å². The highest BCUT2D eigenvalue weighted by molar-refractivity contribution is 7.89. The Labute approximate surface area is 258 Å². The van der Waals surface area contributed by atoms with Crippen LogP contribution in [-0.4, -0.2) is 55.1 Å². The van der Waals surface area contributed by atoms with Gasteiger partial charge in [-0.1, -0.05) is 90.6 Å². The molecule has 0 saturated heterocycles. The molecule has 42 heavy (non-hydrogen) atoms. The first-order valence-corrected chi connectivity index (χ1v) is 16.4. The van der Waals surface area contributed by atoms with Crippen molar-refractivity contribution < 1.29 is 18.0 Å². The molecule has 1 atom stereocenters. The van der Waals surface area contributed by atoms with Crippen LogP contribution in [0.1, 0.15) is 49.7 Å². The van der Waals surface area contributed by atoms with Crippen molar-refractivity contribution in [3.8, 4) is 0 Å². The highest BCUT2D eigenvalue weighted by Gasteiger charge is 2.32. The number of sulfonamides is 1. The molecule has 0 radical (unpaired) electrons. The molecule has 0 aromatic heterocycles. The first-order valence-electron chi connectivity index (χ1n) is 14.2. The van der Waals surface area contributed by atoms with E-state index in [1.807, 2.05) is 30.3 Å². The largest absolute Gasteiger partial charge is 0.352 e. The summed E-state index contributed by atoms with van der Waals surface area (Å²) in [5, 5.41) is 4.06. The van der Waals surface area contributed by atoms with E-state index in [4.69, 9.17) is 23.2 Å². The predicted octanol–water partition coefficient (Wildman–Crippen LogP) is 6.09. The summed E-state index contributed by atoms with van der Waals surface area (Å²) in [5.74, 6) is -0.456. The van der Waals surface area contributed by atoms with Gasteiger partial charge in [0.25, 0.3) is 0 Å². The molecular formula is C32H37Cl2N3O4S. The van der Waals surface area contributed by atoms with Crippen LogP contribution >= 0.6 is 23.2 Å². The molecular weight excluding hydrogens is 593 g/mol. The molecule has 10 heteroatoms. The lowest BCUT2D eigenvalue weighted by Gasteiger charge is -2.33. The lowest BCUT2D eigenvalue weighted by molar-refractivity contribution is -0.141. The lowest BCUT2D eigenvalue weighted by Crippen LogP contribution is -2.52. The molecule has 3 aromatic carbocycles. The van der Waals surface area contributed by atoms with E-state index in [1.54, 1.807) is 53.4 Å². The highest BCUT2D eigenvalue weighted by Crippen LogP contribution is 2.25. The van der Waals surface area contributed by atoms with E-state index < -0.39 is 16.1 Å². The number of hydrogen-bond donors (Lipinski definition) is 1. The van der Waals surface area contributed by atoms with Gasteiger partial charge in [-0.2, -0.15) is 0 Å². The van der Waals surface area contributed by atoms with Crippen LogP contribution in [0.5, 0.6) is 0 Å². The SMILES string of the molecule is CN(CCCC(=O)N(Cc1ccc(Cl)cc1Cl)C(Cc1ccccc1)C(=O)NC1CCCC1)S(=O)(=O)c1ccccc1. The van der Waals surface area contributed by atoms with Crippen molar-refractivity contribution in [1.29, 1.82) is 0 Å². The van der Waals surface area contributed by atoms with Gasteiger partial charge in [-0.25, -0.2) is 12.7 Å². The van der Waals surface area contributed by atoms with Gasteiger partial charge < -0.3 is 10.2 Å². The van der Waals surface area contributed by atoms with E-state index in [2.05, 4.69) is 5.32 Å². The van der Waals surface area contributed by atoms with Gasteiger partial charge in [-0.15, -0.1) is 0 Å². The van der Waals surface area contributed by atoms with Crippen molar-refractivity contribution in [1.82, 2.24) is 14.5 Å². The molecule has 1 N–H and O–H groups in total. The summed E-state index contributed by atoms with van der Waals surface area (Å²) >= 11 is 12.6. The summed E-state index contributed by atoms with van der Waals surface area (Å²) in [6, 6.07) is 22.2. The maximum Gasteiger partial charge on any atom is 0.243 e. The fraction of sp³-hybridized carbons (Fsp3) is 0.375. The first kappa shape index (κ1) is 32.0. The minimum Gasteiger partial charge on any atom is -0.352 e. The fourth-order valence-corrected chi connectivity index (χ4v) is 6.94. The number of benzene rings is 3. The fourth-order valence-electron chi connectivity index (χ4n) is 5.24. The highest BCUT2D eigenvalue weighted by atomic mass is 35.5. The molecule has 2 amide bonds. The maximum atomic E-state index is 13.9. The van der Waals surface area contributed by atoms with Gasteiger partial charge in [-0.05, 0) is 54.7 Å². The quantitative estimate of drug-likeness (QED) is 0.248. The first-order chi connectivity index (χ1) is 20.1. The van der Waals surface area contributed by atoms with E-state index >= 15 is 0 Å². The van der Waals surface area contributed by atoms with Crippen LogP contribution in [0.15, 0.2) is 83.8 Å². The summed E-state index contributed by atoms with van der Waals surface area (Å²) in [4.78, 5) is 29.5. The molecule has 1 aliphatic rings. The summed E-state index contributed by atoms with van der Waals surface area (Å²) in [5.41, 5.74) is 1.60. The Hall–Kier alpha value is -2.91. The third-order valence-corrected chi connectivity index (χ3v) is 10.1. The number of nitrogens with zero attached hydrogens (tertiary/aromatic N) is 2. The average molecular weight is 631 g/mol. The van der Waals surface area contributed by atoms with Crippen molar-refractivity contribution in [2.75, 3.05) is 13.6 Å². The molecule has 7 nitrogen and oxygen atoms in total. The van der Waals surface area contributed by atoms with Gasteiger partial charge >= 0.3 is 0 Å². The van der Waals surface area contributed by atoms with Crippen LogP contribution in [0.3, 0.4) is 0 Å². The molecule has 1 fully saturated rings. The number of hydrogen-bond acceptors (Lipinski definition) is 4. The Morgan fingerprint density at radius 3 is 2.24 bits per heavy atom. The third kappa shape index (κ3) is 8.57. The maximum absolute atomic E-state index is 13.9. The smallest absolute Gasteiger partial charge is 0.243 e. The third-order valence-electron chi connectivity index (χ3n) is 7.64. The number of rotatable bonds is 13. The van der Waals surface area contributed by atoms with Gasteiger partial charge in [0.2, 0.25) is 21.8 Å². The number of carbonyl (C=O) groups excluding carboxylic acids is 2. The normalized spacial score (nSPS) is 14.6.